The van der Waals surface area contributed by atoms with Gasteiger partial charge in [0, 0.05) is 17.5 Å². The number of carbonyl (C=O) groups is 1. The van der Waals surface area contributed by atoms with Crippen LogP contribution in [-0.4, -0.2) is 54.2 Å². The summed E-state index contributed by atoms with van der Waals surface area (Å²) in [7, 11) is -3.88. The lowest BCUT2D eigenvalue weighted by Gasteiger charge is -2.39. The average molecular weight is 565 g/mol. The lowest BCUT2D eigenvalue weighted by atomic mass is 9.97. The first-order valence-corrected chi connectivity index (χ1v) is 14.6. The zero-order valence-electron chi connectivity index (χ0n) is 23.6. The highest BCUT2D eigenvalue weighted by Crippen LogP contribution is 2.34. The van der Waals surface area contributed by atoms with Crippen molar-refractivity contribution < 1.29 is 36.0 Å². The number of hydrogen-bond donors (Lipinski definition) is 0. The third kappa shape index (κ3) is 9.36. The van der Waals surface area contributed by atoms with Crippen molar-refractivity contribution in [3.8, 4) is 17.3 Å². The van der Waals surface area contributed by atoms with Gasteiger partial charge in [0.1, 0.15) is 11.4 Å². The summed E-state index contributed by atoms with van der Waals surface area (Å²) in [4.78, 5) is 21.2. The molecule has 1 aromatic carbocycles. The van der Waals surface area contributed by atoms with Crippen molar-refractivity contribution in [2.24, 2.45) is 0 Å². The molecule has 1 fully saturated rings. The minimum atomic E-state index is -3.88. The molecule has 39 heavy (non-hydrogen) atoms. The number of nitrogens with zero attached hydrogens (tertiary/aromatic N) is 2. The first-order chi connectivity index (χ1) is 17.9. The molecule has 0 N–H and O–H groups in total. The van der Waals surface area contributed by atoms with E-state index in [2.05, 4.69) is 9.97 Å². The van der Waals surface area contributed by atoms with Gasteiger partial charge in [-0.2, -0.15) is 18.4 Å². The van der Waals surface area contributed by atoms with Crippen molar-refractivity contribution in [2.75, 3.05) is 6.26 Å². The molecule has 2 atom stereocenters. The fourth-order valence-corrected chi connectivity index (χ4v) is 4.58. The monoisotopic (exact) mass is 564 g/mol. The smallest absolute Gasteiger partial charge is 0.333 e. The van der Waals surface area contributed by atoms with E-state index in [0.717, 1.165) is 6.26 Å². The molecule has 2 aromatic rings. The summed E-state index contributed by atoms with van der Waals surface area (Å²) in [5.41, 5.74) is 1.47. The van der Waals surface area contributed by atoms with Crippen molar-refractivity contribution in [1.82, 2.24) is 9.97 Å². The Bertz CT molecular complexity index is 1320. The van der Waals surface area contributed by atoms with Gasteiger partial charge in [0.2, 0.25) is 0 Å². The minimum absolute atomic E-state index is 0.0765. The molecule has 0 spiro atoms. The van der Waals surface area contributed by atoms with Crippen LogP contribution < -0.4 is 4.18 Å². The Hall–Kier alpha value is -2.89. The van der Waals surface area contributed by atoms with Crippen molar-refractivity contribution in [3.63, 3.8) is 0 Å². The Morgan fingerprint density at radius 1 is 1.18 bits per heavy atom. The van der Waals surface area contributed by atoms with Crippen LogP contribution in [0.3, 0.4) is 0 Å². The summed E-state index contributed by atoms with van der Waals surface area (Å²) in [6.07, 6.45) is 4.17. The molecule has 2 heterocycles. The molecule has 1 unspecified atom stereocenters. The van der Waals surface area contributed by atoms with Gasteiger partial charge >= 0.3 is 22.1 Å². The van der Waals surface area contributed by atoms with E-state index in [1.807, 2.05) is 40.7 Å². The van der Waals surface area contributed by atoms with Crippen molar-refractivity contribution in [2.45, 2.75) is 90.8 Å². The van der Waals surface area contributed by atoms with Crippen LogP contribution in [0.15, 0.2) is 30.3 Å². The Balaban J connectivity index is 2.00. The summed E-state index contributed by atoms with van der Waals surface area (Å²) in [6, 6.07) is 5.37. The second-order valence-corrected chi connectivity index (χ2v) is 12.9. The van der Waals surface area contributed by atoms with E-state index < -0.39 is 39.5 Å². The van der Waals surface area contributed by atoms with Gasteiger partial charge in [0.25, 0.3) is 0 Å². The predicted octanol–water partition coefficient (Wildman–Crippen LogP) is 5.40. The van der Waals surface area contributed by atoms with Crippen molar-refractivity contribution in [3.05, 3.63) is 47.4 Å². The first-order valence-electron chi connectivity index (χ1n) is 12.7. The Labute approximate surface area is 229 Å². The van der Waals surface area contributed by atoms with Crippen LogP contribution in [0.4, 0.5) is 4.39 Å². The largest absolute Gasteiger partial charge is 0.460 e. The Morgan fingerprint density at radius 3 is 2.38 bits per heavy atom. The summed E-state index contributed by atoms with van der Waals surface area (Å²) in [6.45, 7) is 12.8. The normalized spacial score (nSPS) is 19.8. The molecule has 0 aliphatic carbocycles. The number of esters is 1. The number of benzene rings is 1. The highest BCUT2D eigenvalue weighted by Gasteiger charge is 2.36. The van der Waals surface area contributed by atoms with Gasteiger partial charge in [-0.05, 0) is 64.8 Å². The van der Waals surface area contributed by atoms with E-state index in [0.29, 0.717) is 28.9 Å². The van der Waals surface area contributed by atoms with Gasteiger partial charge < -0.3 is 18.4 Å². The number of rotatable bonds is 8. The van der Waals surface area contributed by atoms with Crippen LogP contribution in [0.1, 0.15) is 78.5 Å². The van der Waals surface area contributed by atoms with E-state index in [9.17, 15) is 17.6 Å². The third-order valence-corrected chi connectivity index (χ3v) is 5.97. The fourth-order valence-electron chi connectivity index (χ4n) is 4.23. The van der Waals surface area contributed by atoms with Crippen LogP contribution in [-0.2, 0) is 29.1 Å². The lowest BCUT2D eigenvalue weighted by Crippen LogP contribution is -2.45. The van der Waals surface area contributed by atoms with E-state index >= 15 is 0 Å². The molecule has 1 saturated heterocycles. The van der Waals surface area contributed by atoms with Crippen molar-refractivity contribution in [1.29, 1.82) is 0 Å². The van der Waals surface area contributed by atoms with E-state index in [1.54, 1.807) is 32.1 Å². The van der Waals surface area contributed by atoms with E-state index in [-0.39, 0.29) is 24.3 Å². The lowest BCUT2D eigenvalue weighted by molar-refractivity contribution is -0.290. The summed E-state index contributed by atoms with van der Waals surface area (Å²) >= 11 is 0. The quantitative estimate of drug-likeness (QED) is 0.307. The molecule has 3 rings (SSSR count). The van der Waals surface area contributed by atoms with Crippen LogP contribution in [0.25, 0.3) is 17.3 Å². The van der Waals surface area contributed by atoms with Crippen LogP contribution in [0, 0.1) is 5.82 Å². The van der Waals surface area contributed by atoms with Gasteiger partial charge in [-0.3, -0.25) is 4.79 Å². The molecule has 0 radical (unpaired) electrons. The second kappa shape index (κ2) is 11.7. The zero-order valence-corrected chi connectivity index (χ0v) is 24.5. The van der Waals surface area contributed by atoms with Gasteiger partial charge in [0.15, 0.2) is 5.79 Å². The third-order valence-electron chi connectivity index (χ3n) is 5.52. The Morgan fingerprint density at radius 2 is 1.82 bits per heavy atom. The summed E-state index contributed by atoms with van der Waals surface area (Å²) < 4.78 is 59.8. The second-order valence-electron chi connectivity index (χ2n) is 11.3. The molecular weight excluding hydrogens is 527 g/mol. The van der Waals surface area contributed by atoms with E-state index in [4.69, 9.17) is 18.4 Å². The SMILES string of the molecule is CC(C)c1nc(OS(C)(=O)=O)nc(-c2ccc(F)cc2)c1/C=C/[C@@H]1CC(CC(=O)OC(C)(C)C)OC(C)(C)O1. The highest BCUT2D eigenvalue weighted by atomic mass is 32.2. The molecule has 0 bridgehead atoms. The van der Waals surface area contributed by atoms with Crippen LogP contribution in [0.2, 0.25) is 0 Å². The van der Waals surface area contributed by atoms with Gasteiger partial charge in [0.05, 0.1) is 36.3 Å². The van der Waals surface area contributed by atoms with Crippen molar-refractivity contribution >= 4 is 22.2 Å². The van der Waals surface area contributed by atoms with Crippen LogP contribution >= 0.6 is 0 Å². The van der Waals surface area contributed by atoms with Gasteiger partial charge in [-0.15, -0.1) is 0 Å². The molecule has 1 aromatic heterocycles. The first kappa shape index (κ1) is 30.6. The fraction of sp³-hybridized carbons (Fsp3) is 0.536. The molecular formula is C28H37FN2O7S. The number of hydrogen-bond acceptors (Lipinski definition) is 9. The maximum Gasteiger partial charge on any atom is 0.333 e. The van der Waals surface area contributed by atoms with Gasteiger partial charge in [-0.1, -0.05) is 26.0 Å². The average Bonchev–Trinajstić information content (AvgIpc) is 2.74. The standard InChI is InChI=1S/C28H37FN2O7S/c1-17(2)24-22(25(18-9-11-19(29)12-10-18)31-26(30-24)38-39(8,33)34)14-13-20-15-21(36-28(6,7)35-20)16-23(32)37-27(3,4)5/h9-14,17,20-21H,15-16H2,1-8H3/b14-13+/t20-,21?/m1/s1. The summed E-state index contributed by atoms with van der Waals surface area (Å²) in [5, 5.41) is 0. The topological polar surface area (TPSA) is 114 Å². The van der Waals surface area contributed by atoms with E-state index in [1.165, 1.54) is 12.1 Å². The van der Waals surface area contributed by atoms with Crippen LogP contribution in [0.5, 0.6) is 6.01 Å². The zero-order chi connectivity index (χ0) is 29.2. The Kier molecular flexibility index (Phi) is 9.19. The maximum atomic E-state index is 13.7. The highest BCUT2D eigenvalue weighted by molar-refractivity contribution is 7.86. The molecule has 1 aliphatic heterocycles. The summed E-state index contributed by atoms with van der Waals surface area (Å²) in [5.74, 6) is -1.87. The van der Waals surface area contributed by atoms with Gasteiger partial charge in [-0.25, -0.2) is 4.39 Å². The minimum Gasteiger partial charge on any atom is -0.460 e. The number of aromatic nitrogens is 2. The molecule has 1 aliphatic rings. The number of halogens is 1. The molecule has 214 valence electrons. The molecule has 11 heteroatoms. The number of carbonyl (C=O) groups excluding carboxylic acids is 1. The molecule has 0 amide bonds. The maximum absolute atomic E-state index is 13.7. The molecule has 0 saturated carbocycles. The number of ether oxygens (including phenoxy) is 3. The molecule has 9 nitrogen and oxygen atoms in total. The predicted molar refractivity (Wildman–Crippen MR) is 145 cm³/mol.